The molecule has 0 amide bonds. The van der Waals surface area contributed by atoms with Gasteiger partial charge in [0, 0.05) is 19.1 Å². The molecule has 0 aromatic heterocycles. The standard InChI is InChI=1S/C16H26N2O.2ClH/c1-14(16(19)15-8-4-2-5-9-15)17-10-13-18-11-6-3-7-12-18;;/h2,4-5,8-9,14,16-17,19H,3,6-7,10-13H2,1H3;2*1H. The smallest absolute Gasteiger partial charge is 0.0940 e. The van der Waals surface area contributed by atoms with Crippen LogP contribution >= 0.6 is 24.8 Å². The van der Waals surface area contributed by atoms with E-state index < -0.39 is 6.10 Å². The highest BCUT2D eigenvalue weighted by Crippen LogP contribution is 2.15. The minimum Gasteiger partial charge on any atom is -0.387 e. The van der Waals surface area contributed by atoms with Crippen molar-refractivity contribution in [3.63, 3.8) is 0 Å². The number of nitrogens with one attached hydrogen (secondary N) is 1. The molecule has 1 saturated heterocycles. The summed E-state index contributed by atoms with van der Waals surface area (Å²) in [5, 5.41) is 13.7. The number of nitrogens with zero attached hydrogens (tertiary/aromatic N) is 1. The number of aliphatic hydroxyl groups excluding tert-OH is 1. The molecular weight excluding hydrogens is 307 g/mol. The number of hydrogen-bond acceptors (Lipinski definition) is 3. The highest BCUT2D eigenvalue weighted by Gasteiger charge is 2.16. The van der Waals surface area contributed by atoms with Crippen LogP contribution in [-0.2, 0) is 0 Å². The number of piperidine rings is 1. The zero-order chi connectivity index (χ0) is 13.5. The first-order valence-electron chi connectivity index (χ1n) is 7.46. The van der Waals surface area contributed by atoms with Crippen molar-refractivity contribution in [1.29, 1.82) is 0 Å². The maximum atomic E-state index is 10.2. The largest absolute Gasteiger partial charge is 0.387 e. The minimum absolute atomic E-state index is 0. The van der Waals surface area contributed by atoms with Crippen LogP contribution in [0.4, 0.5) is 0 Å². The zero-order valence-corrected chi connectivity index (χ0v) is 14.3. The summed E-state index contributed by atoms with van der Waals surface area (Å²) in [5.74, 6) is 0. The van der Waals surface area contributed by atoms with Crippen LogP contribution < -0.4 is 5.32 Å². The van der Waals surface area contributed by atoms with Crippen LogP contribution in [0.15, 0.2) is 30.3 Å². The fraction of sp³-hybridized carbons (Fsp3) is 0.625. The second kappa shape index (κ2) is 11.3. The van der Waals surface area contributed by atoms with Crippen molar-refractivity contribution < 1.29 is 5.11 Å². The number of likely N-dealkylation sites (tertiary alicyclic amines) is 1. The van der Waals surface area contributed by atoms with Gasteiger partial charge in [0.05, 0.1) is 6.10 Å². The number of hydrogen-bond donors (Lipinski definition) is 2. The van der Waals surface area contributed by atoms with Gasteiger partial charge in [0.15, 0.2) is 0 Å². The van der Waals surface area contributed by atoms with E-state index in [1.165, 1.54) is 32.4 Å². The summed E-state index contributed by atoms with van der Waals surface area (Å²) in [4.78, 5) is 2.51. The monoisotopic (exact) mass is 334 g/mol. The van der Waals surface area contributed by atoms with E-state index in [-0.39, 0.29) is 30.9 Å². The Kier molecular flexibility index (Phi) is 11.1. The van der Waals surface area contributed by atoms with Gasteiger partial charge in [-0.15, -0.1) is 24.8 Å². The van der Waals surface area contributed by atoms with Crippen LogP contribution in [0.5, 0.6) is 0 Å². The lowest BCUT2D eigenvalue weighted by molar-refractivity contribution is 0.132. The van der Waals surface area contributed by atoms with Crippen LogP contribution in [0.1, 0.15) is 37.9 Å². The van der Waals surface area contributed by atoms with Gasteiger partial charge < -0.3 is 15.3 Å². The summed E-state index contributed by atoms with van der Waals surface area (Å²) in [5.41, 5.74) is 0.987. The Morgan fingerprint density at radius 1 is 1.10 bits per heavy atom. The zero-order valence-electron chi connectivity index (χ0n) is 12.7. The van der Waals surface area contributed by atoms with Crippen molar-refractivity contribution in [3.05, 3.63) is 35.9 Å². The quantitative estimate of drug-likeness (QED) is 0.839. The average molecular weight is 335 g/mol. The van der Waals surface area contributed by atoms with Gasteiger partial charge >= 0.3 is 0 Å². The van der Waals surface area contributed by atoms with E-state index in [0.717, 1.165) is 18.7 Å². The predicted molar refractivity (Wildman–Crippen MR) is 93.7 cm³/mol. The van der Waals surface area contributed by atoms with E-state index in [1.54, 1.807) is 0 Å². The minimum atomic E-state index is -0.428. The fourth-order valence-corrected chi connectivity index (χ4v) is 2.68. The summed E-state index contributed by atoms with van der Waals surface area (Å²) < 4.78 is 0. The molecule has 2 atom stereocenters. The summed E-state index contributed by atoms with van der Waals surface area (Å²) in [6.07, 6.45) is 3.62. The fourth-order valence-electron chi connectivity index (χ4n) is 2.68. The van der Waals surface area contributed by atoms with Gasteiger partial charge in [-0.2, -0.15) is 0 Å². The van der Waals surface area contributed by atoms with Crippen molar-refractivity contribution >= 4 is 24.8 Å². The molecule has 1 heterocycles. The Balaban J connectivity index is 0.00000200. The average Bonchev–Trinajstić information content (AvgIpc) is 2.48. The topological polar surface area (TPSA) is 35.5 Å². The van der Waals surface area contributed by atoms with Gasteiger partial charge in [0.25, 0.3) is 0 Å². The molecule has 1 aromatic rings. The van der Waals surface area contributed by atoms with Crippen LogP contribution in [0.25, 0.3) is 0 Å². The second-order valence-corrected chi connectivity index (χ2v) is 5.50. The maximum Gasteiger partial charge on any atom is 0.0940 e. The maximum absolute atomic E-state index is 10.2. The lowest BCUT2D eigenvalue weighted by Gasteiger charge is -2.28. The third-order valence-electron chi connectivity index (χ3n) is 3.96. The van der Waals surface area contributed by atoms with E-state index in [0.29, 0.717) is 0 Å². The van der Waals surface area contributed by atoms with E-state index in [1.807, 2.05) is 37.3 Å². The first-order valence-corrected chi connectivity index (χ1v) is 7.46. The first kappa shape index (κ1) is 20.7. The molecule has 2 rings (SSSR count). The summed E-state index contributed by atoms with van der Waals surface area (Å²) in [6.45, 7) is 6.55. The van der Waals surface area contributed by atoms with Crippen LogP contribution in [0.2, 0.25) is 0 Å². The van der Waals surface area contributed by atoms with Gasteiger partial charge in [-0.1, -0.05) is 36.8 Å². The number of halogens is 2. The Bertz CT molecular complexity index is 359. The third kappa shape index (κ3) is 6.98. The molecule has 0 saturated carbocycles. The lowest BCUT2D eigenvalue weighted by atomic mass is 10.0. The van der Waals surface area contributed by atoms with Gasteiger partial charge in [0.1, 0.15) is 0 Å². The van der Waals surface area contributed by atoms with Crippen molar-refractivity contribution in [2.45, 2.75) is 38.3 Å². The molecule has 1 aromatic carbocycles. The van der Waals surface area contributed by atoms with Gasteiger partial charge in [-0.05, 0) is 38.4 Å². The third-order valence-corrected chi connectivity index (χ3v) is 3.96. The number of rotatable bonds is 6. The Labute approximate surface area is 140 Å². The molecule has 21 heavy (non-hydrogen) atoms. The molecule has 0 radical (unpaired) electrons. The van der Waals surface area contributed by atoms with Gasteiger partial charge in [-0.3, -0.25) is 0 Å². The summed E-state index contributed by atoms with van der Waals surface area (Å²) >= 11 is 0. The first-order chi connectivity index (χ1) is 9.27. The van der Waals surface area contributed by atoms with Crippen molar-refractivity contribution in [1.82, 2.24) is 10.2 Å². The molecule has 122 valence electrons. The molecule has 5 heteroatoms. The molecule has 0 aliphatic carbocycles. The molecule has 2 unspecified atom stereocenters. The van der Waals surface area contributed by atoms with E-state index >= 15 is 0 Å². The molecule has 3 nitrogen and oxygen atoms in total. The van der Waals surface area contributed by atoms with Gasteiger partial charge in [0.2, 0.25) is 0 Å². The Morgan fingerprint density at radius 3 is 2.33 bits per heavy atom. The van der Waals surface area contributed by atoms with Gasteiger partial charge in [-0.25, -0.2) is 0 Å². The van der Waals surface area contributed by atoms with E-state index in [9.17, 15) is 5.11 Å². The molecule has 1 aliphatic heterocycles. The lowest BCUT2D eigenvalue weighted by Crippen LogP contribution is -2.40. The highest BCUT2D eigenvalue weighted by atomic mass is 35.5. The van der Waals surface area contributed by atoms with Crippen LogP contribution in [-0.4, -0.2) is 42.2 Å². The van der Waals surface area contributed by atoms with E-state index in [4.69, 9.17) is 0 Å². The van der Waals surface area contributed by atoms with Crippen molar-refractivity contribution in [3.8, 4) is 0 Å². The molecule has 0 spiro atoms. The van der Waals surface area contributed by atoms with Crippen molar-refractivity contribution in [2.75, 3.05) is 26.2 Å². The van der Waals surface area contributed by atoms with E-state index in [2.05, 4.69) is 10.2 Å². The molecular formula is C16H28Cl2N2O. The number of aliphatic hydroxyl groups is 1. The second-order valence-electron chi connectivity index (χ2n) is 5.50. The predicted octanol–water partition coefficient (Wildman–Crippen LogP) is 3.03. The van der Waals surface area contributed by atoms with Crippen molar-refractivity contribution in [2.24, 2.45) is 0 Å². The highest BCUT2D eigenvalue weighted by molar-refractivity contribution is 5.85. The Hall–Kier alpha value is -0.320. The normalized spacial score (nSPS) is 18.2. The molecule has 2 N–H and O–H groups in total. The SMILES string of the molecule is CC(NCCN1CCCCC1)C(O)c1ccccc1.Cl.Cl. The van der Waals surface area contributed by atoms with Crippen LogP contribution in [0, 0.1) is 0 Å². The van der Waals surface area contributed by atoms with Crippen LogP contribution in [0.3, 0.4) is 0 Å². The summed E-state index contributed by atoms with van der Waals surface area (Å²) in [7, 11) is 0. The molecule has 0 bridgehead atoms. The number of benzene rings is 1. The summed E-state index contributed by atoms with van der Waals surface area (Å²) in [6, 6.07) is 9.97. The Morgan fingerprint density at radius 2 is 1.71 bits per heavy atom. The molecule has 1 fully saturated rings. The molecule has 1 aliphatic rings.